The number of primary amides is 1. The van der Waals surface area contributed by atoms with E-state index in [1.807, 2.05) is 47.8 Å². The monoisotopic (exact) mass is 331 g/mol. The van der Waals surface area contributed by atoms with Gasteiger partial charge in [-0.1, -0.05) is 30.3 Å². The fourth-order valence-corrected chi connectivity index (χ4v) is 2.33. The fraction of sp³-hybridized carbons (Fsp3) is 0.278. The van der Waals surface area contributed by atoms with E-state index in [9.17, 15) is 9.90 Å². The molecule has 0 unspecified atom stereocenters. The Morgan fingerprint density at radius 2 is 1.96 bits per heavy atom. The normalized spacial score (nSPS) is 11.8. The number of aliphatic hydroxyl groups excluding tert-OH is 1. The summed E-state index contributed by atoms with van der Waals surface area (Å²) in [6.07, 6.45) is -0.508. The Bertz CT molecular complexity index is 661. The number of rotatable bonds is 9. The molecule has 0 fully saturated rings. The van der Waals surface area contributed by atoms with Crippen molar-refractivity contribution in [2.24, 2.45) is 5.73 Å². The van der Waals surface area contributed by atoms with Crippen molar-refractivity contribution in [2.45, 2.75) is 12.6 Å². The largest absolute Gasteiger partial charge is 0.493 e. The van der Waals surface area contributed by atoms with E-state index >= 15 is 0 Å². The van der Waals surface area contributed by atoms with Crippen LogP contribution < -0.4 is 20.5 Å². The highest BCUT2D eigenvalue weighted by Crippen LogP contribution is 2.27. The summed E-state index contributed by atoms with van der Waals surface area (Å²) in [6, 6.07) is 15.1. The van der Waals surface area contributed by atoms with E-state index in [0.717, 1.165) is 11.1 Å². The number of benzene rings is 2. The average molecular weight is 331 g/mol. The van der Waals surface area contributed by atoms with Crippen molar-refractivity contribution in [1.82, 2.24) is 0 Å². The van der Waals surface area contributed by atoms with E-state index in [1.165, 1.54) is 0 Å². The molecule has 0 aliphatic carbocycles. The molecule has 6 nitrogen and oxygen atoms in total. The zero-order valence-corrected chi connectivity index (χ0v) is 13.6. The molecule has 0 heterocycles. The Morgan fingerprint density at radius 3 is 2.62 bits per heavy atom. The Kier molecular flexibility index (Phi) is 6.60. The first kappa shape index (κ1) is 17.8. The first-order chi connectivity index (χ1) is 11.6. The van der Waals surface area contributed by atoms with Gasteiger partial charge in [0.15, 0.2) is 18.1 Å². The third-order valence-corrected chi connectivity index (χ3v) is 3.55. The third kappa shape index (κ3) is 5.26. The van der Waals surface area contributed by atoms with Crippen LogP contribution in [0.4, 0.5) is 0 Å². The summed E-state index contributed by atoms with van der Waals surface area (Å²) in [5, 5.41) is 12.2. The van der Waals surface area contributed by atoms with Gasteiger partial charge in [-0.25, -0.2) is 0 Å². The molecule has 0 radical (unpaired) electrons. The van der Waals surface area contributed by atoms with Crippen LogP contribution in [0.15, 0.2) is 48.5 Å². The Balaban J connectivity index is 1.89. The zero-order chi connectivity index (χ0) is 17.4. The van der Waals surface area contributed by atoms with Crippen molar-refractivity contribution >= 4 is 5.91 Å². The lowest BCUT2D eigenvalue weighted by Crippen LogP contribution is -2.83. The van der Waals surface area contributed by atoms with Crippen LogP contribution in [-0.4, -0.2) is 31.3 Å². The maximum Gasteiger partial charge on any atom is 0.255 e. The summed E-state index contributed by atoms with van der Waals surface area (Å²) in [7, 11) is 1.54. The number of aliphatic hydroxyl groups is 1. The summed E-state index contributed by atoms with van der Waals surface area (Å²) in [5.41, 5.74) is 7.00. The first-order valence-corrected chi connectivity index (χ1v) is 7.73. The van der Waals surface area contributed by atoms with Gasteiger partial charge in [0.1, 0.15) is 19.2 Å². The zero-order valence-electron chi connectivity index (χ0n) is 13.6. The van der Waals surface area contributed by atoms with Crippen LogP contribution >= 0.6 is 0 Å². The SMILES string of the molecule is COc1cc(C[NH2+]C[C@H](O)c2ccccc2)ccc1OCC(N)=O. The van der Waals surface area contributed by atoms with Crippen molar-refractivity contribution < 1.29 is 24.7 Å². The van der Waals surface area contributed by atoms with Crippen LogP contribution in [0.25, 0.3) is 0 Å². The molecule has 0 bridgehead atoms. The molecule has 5 N–H and O–H groups in total. The molecule has 0 aliphatic rings. The van der Waals surface area contributed by atoms with E-state index < -0.39 is 12.0 Å². The lowest BCUT2D eigenvalue weighted by atomic mass is 10.1. The molecule has 0 aliphatic heterocycles. The minimum absolute atomic E-state index is 0.189. The molecular formula is C18H23N2O4+. The van der Waals surface area contributed by atoms with Gasteiger partial charge in [0.2, 0.25) is 0 Å². The highest BCUT2D eigenvalue weighted by molar-refractivity contribution is 5.75. The maximum atomic E-state index is 10.8. The second-order valence-electron chi connectivity index (χ2n) is 5.40. The van der Waals surface area contributed by atoms with Crippen molar-refractivity contribution in [1.29, 1.82) is 0 Å². The topological polar surface area (TPSA) is 98.4 Å². The molecule has 0 spiro atoms. The molecule has 2 aromatic carbocycles. The average Bonchev–Trinajstić information content (AvgIpc) is 2.61. The number of methoxy groups -OCH3 is 1. The van der Waals surface area contributed by atoms with Gasteiger partial charge in [0, 0.05) is 5.56 Å². The van der Waals surface area contributed by atoms with Crippen LogP contribution in [-0.2, 0) is 11.3 Å². The molecule has 128 valence electrons. The van der Waals surface area contributed by atoms with Crippen LogP contribution in [0.1, 0.15) is 17.2 Å². The molecule has 0 aromatic heterocycles. The molecule has 24 heavy (non-hydrogen) atoms. The van der Waals surface area contributed by atoms with E-state index in [-0.39, 0.29) is 6.61 Å². The van der Waals surface area contributed by atoms with Gasteiger partial charge in [0.25, 0.3) is 5.91 Å². The quantitative estimate of drug-likeness (QED) is 0.618. The van der Waals surface area contributed by atoms with Crippen LogP contribution in [0.2, 0.25) is 0 Å². The smallest absolute Gasteiger partial charge is 0.255 e. The van der Waals surface area contributed by atoms with Crippen molar-refractivity contribution in [3.05, 3.63) is 59.7 Å². The molecular weight excluding hydrogens is 308 g/mol. The predicted molar refractivity (Wildman–Crippen MR) is 89.6 cm³/mol. The third-order valence-electron chi connectivity index (χ3n) is 3.55. The van der Waals surface area contributed by atoms with Crippen molar-refractivity contribution in [3.63, 3.8) is 0 Å². The van der Waals surface area contributed by atoms with Crippen LogP contribution in [0.5, 0.6) is 11.5 Å². The van der Waals surface area contributed by atoms with Gasteiger partial charge in [-0.3, -0.25) is 4.79 Å². The fourth-order valence-electron chi connectivity index (χ4n) is 2.33. The van der Waals surface area contributed by atoms with Gasteiger partial charge in [0.05, 0.1) is 7.11 Å². The molecule has 6 heteroatoms. The standard InChI is InChI=1S/C18H22N2O4/c1-23-17-9-13(7-8-16(17)24-12-18(19)22)10-20-11-15(21)14-5-3-2-4-6-14/h2-9,15,20-21H,10-12H2,1H3,(H2,19,22)/p+1/t15-/m0/s1. The van der Waals surface area contributed by atoms with Crippen LogP contribution in [0, 0.1) is 0 Å². The second-order valence-corrected chi connectivity index (χ2v) is 5.40. The summed E-state index contributed by atoms with van der Waals surface area (Å²) in [4.78, 5) is 10.8. The molecule has 0 saturated heterocycles. The lowest BCUT2D eigenvalue weighted by molar-refractivity contribution is -0.677. The molecule has 1 atom stereocenters. The van der Waals surface area contributed by atoms with E-state index in [1.54, 1.807) is 13.2 Å². The van der Waals surface area contributed by atoms with Gasteiger partial charge in [-0.15, -0.1) is 0 Å². The summed E-state index contributed by atoms with van der Waals surface area (Å²) < 4.78 is 10.6. The number of carbonyl (C=O) groups excluding carboxylic acids is 1. The molecule has 1 amide bonds. The van der Waals surface area contributed by atoms with Crippen molar-refractivity contribution in [3.8, 4) is 11.5 Å². The number of hydrogen-bond acceptors (Lipinski definition) is 4. The van der Waals surface area contributed by atoms with E-state index in [0.29, 0.717) is 24.6 Å². The molecule has 2 aromatic rings. The summed E-state index contributed by atoms with van der Waals surface area (Å²) in [6.45, 7) is 1.06. The predicted octanol–water partition coefficient (Wildman–Crippen LogP) is 0.356. The molecule has 2 rings (SSSR count). The van der Waals surface area contributed by atoms with Crippen LogP contribution in [0.3, 0.4) is 0 Å². The number of amides is 1. The summed E-state index contributed by atoms with van der Waals surface area (Å²) >= 11 is 0. The van der Waals surface area contributed by atoms with Gasteiger partial charge < -0.3 is 25.6 Å². The lowest BCUT2D eigenvalue weighted by Gasteiger charge is -2.12. The molecule has 0 saturated carbocycles. The second kappa shape index (κ2) is 8.90. The number of hydrogen-bond donors (Lipinski definition) is 3. The minimum atomic E-state index is -0.538. The highest BCUT2D eigenvalue weighted by atomic mass is 16.5. The van der Waals surface area contributed by atoms with E-state index in [4.69, 9.17) is 15.2 Å². The Hall–Kier alpha value is -2.57. The van der Waals surface area contributed by atoms with Gasteiger partial charge >= 0.3 is 0 Å². The maximum absolute atomic E-state index is 10.8. The number of ether oxygens (including phenoxy) is 2. The minimum Gasteiger partial charge on any atom is -0.493 e. The number of quaternary nitrogens is 1. The number of carbonyl (C=O) groups is 1. The highest BCUT2D eigenvalue weighted by Gasteiger charge is 2.11. The first-order valence-electron chi connectivity index (χ1n) is 7.73. The van der Waals surface area contributed by atoms with E-state index in [2.05, 4.69) is 0 Å². The Morgan fingerprint density at radius 1 is 1.21 bits per heavy atom. The summed E-state index contributed by atoms with van der Waals surface area (Å²) in [5.74, 6) is 0.486. The van der Waals surface area contributed by atoms with Gasteiger partial charge in [-0.2, -0.15) is 0 Å². The number of nitrogens with two attached hydrogens (primary N) is 2. The van der Waals surface area contributed by atoms with Crippen molar-refractivity contribution in [2.75, 3.05) is 20.3 Å². The Labute approximate surface area is 141 Å². The van der Waals surface area contributed by atoms with Gasteiger partial charge in [-0.05, 0) is 23.8 Å².